The fourth-order valence-electron chi connectivity index (χ4n) is 1.57. The number of benzene rings is 1. The van der Waals surface area contributed by atoms with Gasteiger partial charge in [0.15, 0.2) is 0 Å². The summed E-state index contributed by atoms with van der Waals surface area (Å²) in [6.07, 6.45) is 0. The molecule has 0 saturated carbocycles. The molecule has 2 aromatic rings. The smallest absolute Gasteiger partial charge is 0.258 e. The zero-order chi connectivity index (χ0) is 12.4. The van der Waals surface area contributed by atoms with Crippen molar-refractivity contribution in [2.24, 2.45) is 0 Å². The van der Waals surface area contributed by atoms with E-state index in [0.29, 0.717) is 5.69 Å². The van der Waals surface area contributed by atoms with Gasteiger partial charge in [-0.3, -0.25) is 10.1 Å². The average Bonchev–Trinajstić information content (AvgIpc) is 2.29. The summed E-state index contributed by atoms with van der Waals surface area (Å²) in [5.41, 5.74) is 2.11. The Morgan fingerprint density at radius 2 is 1.94 bits per heavy atom. The Labute approximate surface area is 107 Å². The Bertz CT molecular complexity index is 584. The number of nitro groups is 1. The van der Waals surface area contributed by atoms with Crippen LogP contribution < -0.4 is 0 Å². The molecular weight excluding hydrogens is 284 g/mol. The van der Waals surface area contributed by atoms with Crippen molar-refractivity contribution in [2.75, 3.05) is 0 Å². The summed E-state index contributed by atoms with van der Waals surface area (Å²) in [5.74, 6) is 0. The number of aromatic nitrogens is 1. The van der Waals surface area contributed by atoms with Gasteiger partial charge in [-0.15, -0.1) is 0 Å². The molecule has 0 aliphatic rings. The molecule has 0 fully saturated rings. The monoisotopic (exact) mass is 292 g/mol. The second kappa shape index (κ2) is 4.63. The van der Waals surface area contributed by atoms with E-state index in [4.69, 9.17) is 0 Å². The SMILES string of the molecule is Cc1nc(-c2ccccc2Br)ccc1[N+](=O)[O-]. The van der Waals surface area contributed by atoms with Crippen LogP contribution in [-0.4, -0.2) is 9.91 Å². The maximum atomic E-state index is 10.7. The van der Waals surface area contributed by atoms with Crippen LogP contribution in [0.4, 0.5) is 5.69 Å². The van der Waals surface area contributed by atoms with Crippen molar-refractivity contribution in [3.05, 3.63) is 56.7 Å². The van der Waals surface area contributed by atoms with Crippen LogP contribution in [-0.2, 0) is 0 Å². The highest BCUT2D eigenvalue weighted by atomic mass is 79.9. The topological polar surface area (TPSA) is 56.0 Å². The van der Waals surface area contributed by atoms with Gasteiger partial charge < -0.3 is 0 Å². The van der Waals surface area contributed by atoms with Crippen LogP contribution in [0.3, 0.4) is 0 Å². The molecule has 17 heavy (non-hydrogen) atoms. The van der Waals surface area contributed by atoms with Crippen LogP contribution in [0.2, 0.25) is 0 Å². The lowest BCUT2D eigenvalue weighted by Gasteiger charge is -2.04. The van der Waals surface area contributed by atoms with E-state index in [0.717, 1.165) is 15.7 Å². The summed E-state index contributed by atoms with van der Waals surface area (Å²) in [5, 5.41) is 10.7. The molecule has 0 atom stereocenters. The lowest BCUT2D eigenvalue weighted by Crippen LogP contribution is -1.95. The predicted octanol–water partition coefficient (Wildman–Crippen LogP) is 3.73. The molecule has 0 N–H and O–H groups in total. The van der Waals surface area contributed by atoms with Gasteiger partial charge in [0.2, 0.25) is 0 Å². The molecule has 5 heteroatoms. The number of nitrogens with zero attached hydrogens (tertiary/aromatic N) is 2. The van der Waals surface area contributed by atoms with Crippen molar-refractivity contribution < 1.29 is 4.92 Å². The van der Waals surface area contributed by atoms with Gasteiger partial charge in [0.25, 0.3) is 5.69 Å². The summed E-state index contributed by atoms with van der Waals surface area (Å²) in [6.45, 7) is 1.64. The predicted molar refractivity (Wildman–Crippen MR) is 68.8 cm³/mol. The van der Waals surface area contributed by atoms with E-state index < -0.39 is 4.92 Å². The zero-order valence-corrected chi connectivity index (χ0v) is 10.6. The first-order chi connectivity index (χ1) is 8.09. The van der Waals surface area contributed by atoms with Gasteiger partial charge in [-0.25, -0.2) is 4.98 Å². The van der Waals surface area contributed by atoms with Gasteiger partial charge in [-0.2, -0.15) is 0 Å². The van der Waals surface area contributed by atoms with Crippen molar-refractivity contribution in [3.63, 3.8) is 0 Å². The summed E-state index contributed by atoms with van der Waals surface area (Å²) in [6, 6.07) is 10.8. The van der Waals surface area contributed by atoms with Gasteiger partial charge in [-0.05, 0) is 19.1 Å². The standard InChI is InChI=1S/C12H9BrN2O2/c1-8-12(15(16)17)7-6-11(14-8)9-4-2-3-5-10(9)13/h2-7H,1H3. The zero-order valence-electron chi connectivity index (χ0n) is 9.05. The van der Waals surface area contributed by atoms with Gasteiger partial charge in [0.1, 0.15) is 5.69 Å². The summed E-state index contributed by atoms with van der Waals surface area (Å²) in [4.78, 5) is 14.5. The first-order valence-corrected chi connectivity index (χ1v) is 5.76. The lowest BCUT2D eigenvalue weighted by molar-refractivity contribution is -0.385. The molecular formula is C12H9BrN2O2. The van der Waals surface area contributed by atoms with E-state index in [-0.39, 0.29) is 5.69 Å². The summed E-state index contributed by atoms with van der Waals surface area (Å²) >= 11 is 3.43. The molecule has 86 valence electrons. The molecule has 0 aliphatic heterocycles. The molecule has 0 aliphatic carbocycles. The van der Waals surface area contributed by atoms with Crippen molar-refractivity contribution in [1.29, 1.82) is 0 Å². The molecule has 4 nitrogen and oxygen atoms in total. The minimum Gasteiger partial charge on any atom is -0.258 e. The van der Waals surface area contributed by atoms with E-state index >= 15 is 0 Å². The third kappa shape index (κ3) is 2.34. The maximum absolute atomic E-state index is 10.7. The Morgan fingerprint density at radius 3 is 2.53 bits per heavy atom. The van der Waals surface area contributed by atoms with Gasteiger partial charge in [0, 0.05) is 16.1 Å². The average molecular weight is 293 g/mol. The molecule has 1 aromatic heterocycles. The van der Waals surface area contributed by atoms with Crippen LogP contribution >= 0.6 is 15.9 Å². The number of hydrogen-bond acceptors (Lipinski definition) is 3. The molecule has 1 aromatic carbocycles. The number of rotatable bonds is 2. The van der Waals surface area contributed by atoms with Gasteiger partial charge >= 0.3 is 0 Å². The minimum atomic E-state index is -0.424. The van der Waals surface area contributed by atoms with Crippen molar-refractivity contribution in [1.82, 2.24) is 4.98 Å². The summed E-state index contributed by atoms with van der Waals surface area (Å²) < 4.78 is 0.917. The molecule has 1 heterocycles. The molecule has 0 amide bonds. The molecule has 0 saturated heterocycles. The van der Waals surface area contributed by atoms with Crippen molar-refractivity contribution >= 4 is 21.6 Å². The molecule has 2 rings (SSSR count). The molecule has 0 radical (unpaired) electrons. The van der Waals surface area contributed by atoms with Gasteiger partial charge in [-0.1, -0.05) is 34.1 Å². The highest BCUT2D eigenvalue weighted by Gasteiger charge is 2.13. The van der Waals surface area contributed by atoms with Crippen LogP contribution in [0.15, 0.2) is 40.9 Å². The second-order valence-electron chi connectivity index (χ2n) is 3.54. The maximum Gasteiger partial charge on any atom is 0.290 e. The molecule has 0 spiro atoms. The van der Waals surface area contributed by atoms with Crippen LogP contribution in [0, 0.1) is 17.0 Å². The van der Waals surface area contributed by atoms with Crippen molar-refractivity contribution in [2.45, 2.75) is 6.92 Å². The van der Waals surface area contributed by atoms with E-state index in [1.54, 1.807) is 13.0 Å². The highest BCUT2D eigenvalue weighted by molar-refractivity contribution is 9.10. The summed E-state index contributed by atoms with van der Waals surface area (Å²) in [7, 11) is 0. The van der Waals surface area contributed by atoms with Crippen molar-refractivity contribution in [3.8, 4) is 11.3 Å². The fourth-order valence-corrected chi connectivity index (χ4v) is 2.05. The van der Waals surface area contributed by atoms with Crippen LogP contribution in [0.5, 0.6) is 0 Å². The Hall–Kier alpha value is -1.75. The van der Waals surface area contributed by atoms with E-state index in [1.807, 2.05) is 24.3 Å². The molecule has 0 bridgehead atoms. The number of hydrogen-bond donors (Lipinski definition) is 0. The number of halogens is 1. The van der Waals surface area contributed by atoms with Gasteiger partial charge in [0.05, 0.1) is 10.6 Å². The van der Waals surface area contributed by atoms with E-state index in [9.17, 15) is 10.1 Å². The minimum absolute atomic E-state index is 0.0424. The van der Waals surface area contributed by atoms with E-state index in [2.05, 4.69) is 20.9 Å². The Kier molecular flexibility index (Phi) is 3.19. The fraction of sp³-hybridized carbons (Fsp3) is 0.0833. The van der Waals surface area contributed by atoms with Crippen LogP contribution in [0.25, 0.3) is 11.3 Å². The lowest BCUT2D eigenvalue weighted by atomic mass is 10.1. The number of pyridine rings is 1. The third-order valence-electron chi connectivity index (χ3n) is 2.40. The number of aryl methyl sites for hydroxylation is 1. The Morgan fingerprint density at radius 1 is 1.24 bits per heavy atom. The highest BCUT2D eigenvalue weighted by Crippen LogP contribution is 2.28. The van der Waals surface area contributed by atoms with Crippen LogP contribution in [0.1, 0.15) is 5.69 Å². The molecule has 0 unspecified atom stereocenters. The first kappa shape index (κ1) is 11.7. The largest absolute Gasteiger partial charge is 0.290 e. The normalized spacial score (nSPS) is 10.2. The van der Waals surface area contributed by atoms with E-state index in [1.165, 1.54) is 6.07 Å². The quantitative estimate of drug-likeness (QED) is 0.626. The third-order valence-corrected chi connectivity index (χ3v) is 3.10. The Balaban J connectivity index is 2.52. The second-order valence-corrected chi connectivity index (χ2v) is 4.39. The first-order valence-electron chi connectivity index (χ1n) is 4.96.